The number of rotatable bonds is 4. The molecule has 17 heavy (non-hydrogen) atoms. The van der Waals surface area contributed by atoms with Crippen LogP contribution in [0.3, 0.4) is 0 Å². The Kier molecular flexibility index (Phi) is 3.78. The van der Waals surface area contributed by atoms with Crippen molar-refractivity contribution < 1.29 is 0 Å². The molecule has 0 saturated heterocycles. The number of nitrogens with zero attached hydrogens (tertiary/aromatic N) is 2. The van der Waals surface area contributed by atoms with Crippen molar-refractivity contribution in [3.63, 3.8) is 0 Å². The summed E-state index contributed by atoms with van der Waals surface area (Å²) in [7, 11) is 0. The summed E-state index contributed by atoms with van der Waals surface area (Å²) in [6.07, 6.45) is 5.90. The van der Waals surface area contributed by atoms with Crippen LogP contribution in [0.1, 0.15) is 44.0 Å². The van der Waals surface area contributed by atoms with E-state index in [1.807, 2.05) is 13.8 Å². The second-order valence-corrected chi connectivity index (χ2v) is 4.59. The van der Waals surface area contributed by atoms with Gasteiger partial charge in [0, 0.05) is 18.0 Å². The van der Waals surface area contributed by atoms with Gasteiger partial charge in [-0.1, -0.05) is 19.8 Å². The first kappa shape index (κ1) is 12.1. The van der Waals surface area contributed by atoms with E-state index in [-0.39, 0.29) is 0 Å². The van der Waals surface area contributed by atoms with Crippen molar-refractivity contribution in [2.75, 3.05) is 10.7 Å². The minimum atomic E-state index is 0.555. The summed E-state index contributed by atoms with van der Waals surface area (Å²) in [5.74, 6) is 7.95. The van der Waals surface area contributed by atoms with Crippen molar-refractivity contribution in [3.8, 4) is 0 Å². The smallest absolute Gasteiger partial charge is 0.148 e. The Labute approximate surface area is 102 Å². The molecule has 2 rings (SSSR count). The first-order chi connectivity index (χ1) is 8.24. The number of nitrogens with one attached hydrogen (secondary N) is 2. The molecule has 1 heterocycles. The van der Waals surface area contributed by atoms with Crippen LogP contribution in [0.15, 0.2) is 0 Å². The maximum atomic E-state index is 5.48. The highest BCUT2D eigenvalue weighted by molar-refractivity contribution is 5.57. The monoisotopic (exact) mass is 235 g/mol. The van der Waals surface area contributed by atoms with Crippen LogP contribution in [0.25, 0.3) is 0 Å². The lowest BCUT2D eigenvalue weighted by atomic mass is 10.2. The van der Waals surface area contributed by atoms with Crippen molar-refractivity contribution in [1.29, 1.82) is 0 Å². The van der Waals surface area contributed by atoms with Crippen molar-refractivity contribution in [1.82, 2.24) is 9.97 Å². The molecule has 5 nitrogen and oxygen atoms in total. The van der Waals surface area contributed by atoms with Gasteiger partial charge in [-0.3, -0.25) is 0 Å². The van der Waals surface area contributed by atoms with Crippen LogP contribution in [0.5, 0.6) is 0 Å². The molecule has 5 heteroatoms. The van der Waals surface area contributed by atoms with Gasteiger partial charge in [0.05, 0.1) is 0 Å². The van der Waals surface area contributed by atoms with Gasteiger partial charge in [-0.15, -0.1) is 0 Å². The number of aromatic nitrogens is 2. The lowest BCUT2D eigenvalue weighted by Gasteiger charge is -2.17. The number of nitrogens with two attached hydrogens (primary N) is 1. The van der Waals surface area contributed by atoms with Crippen LogP contribution in [0.2, 0.25) is 0 Å². The molecule has 1 aliphatic carbocycles. The molecule has 0 radical (unpaired) electrons. The van der Waals surface area contributed by atoms with Gasteiger partial charge in [-0.25, -0.2) is 15.8 Å². The zero-order valence-corrected chi connectivity index (χ0v) is 10.6. The summed E-state index contributed by atoms with van der Waals surface area (Å²) in [4.78, 5) is 8.90. The van der Waals surface area contributed by atoms with Gasteiger partial charge in [0.15, 0.2) is 0 Å². The number of hydrogen-bond acceptors (Lipinski definition) is 5. The third-order valence-corrected chi connectivity index (χ3v) is 3.34. The maximum absolute atomic E-state index is 5.48. The average molecular weight is 235 g/mol. The zero-order chi connectivity index (χ0) is 12.3. The Morgan fingerprint density at radius 3 is 2.47 bits per heavy atom. The molecule has 1 aliphatic rings. The summed E-state index contributed by atoms with van der Waals surface area (Å²) in [5, 5.41) is 3.51. The number of anilines is 2. The molecule has 1 aromatic heterocycles. The fourth-order valence-electron chi connectivity index (χ4n) is 2.27. The highest BCUT2D eigenvalue weighted by Gasteiger charge is 2.17. The lowest BCUT2D eigenvalue weighted by molar-refractivity contribution is 0.745. The van der Waals surface area contributed by atoms with Crippen LogP contribution in [-0.2, 0) is 6.42 Å². The van der Waals surface area contributed by atoms with Gasteiger partial charge < -0.3 is 10.7 Å². The third-order valence-electron chi connectivity index (χ3n) is 3.34. The van der Waals surface area contributed by atoms with Crippen LogP contribution in [-0.4, -0.2) is 16.0 Å². The number of nitrogen functional groups attached to an aromatic ring is 1. The Balaban J connectivity index is 2.24. The van der Waals surface area contributed by atoms with Gasteiger partial charge in [0.1, 0.15) is 17.5 Å². The Morgan fingerprint density at radius 2 is 1.88 bits per heavy atom. The molecule has 1 saturated carbocycles. The standard InChI is InChI=1S/C12H21N5/c1-3-10-15-11(8(2)12(16-10)17-13)14-9-6-4-5-7-9/h9H,3-7,13H2,1-2H3,(H2,14,15,16,17). The van der Waals surface area contributed by atoms with Crippen molar-refractivity contribution in [2.24, 2.45) is 5.84 Å². The van der Waals surface area contributed by atoms with Crippen molar-refractivity contribution in [3.05, 3.63) is 11.4 Å². The summed E-state index contributed by atoms with van der Waals surface area (Å²) < 4.78 is 0. The molecule has 0 unspecified atom stereocenters. The molecule has 4 N–H and O–H groups in total. The quantitative estimate of drug-likeness (QED) is 0.549. The largest absolute Gasteiger partial charge is 0.367 e. The summed E-state index contributed by atoms with van der Waals surface area (Å²) in [6.45, 7) is 4.04. The molecular formula is C12H21N5. The van der Waals surface area contributed by atoms with E-state index < -0.39 is 0 Å². The van der Waals surface area contributed by atoms with E-state index in [0.717, 1.165) is 29.4 Å². The molecule has 1 fully saturated rings. The number of hydrazine groups is 1. The minimum Gasteiger partial charge on any atom is -0.367 e. The van der Waals surface area contributed by atoms with E-state index in [4.69, 9.17) is 5.84 Å². The fourth-order valence-corrected chi connectivity index (χ4v) is 2.27. The van der Waals surface area contributed by atoms with Crippen LogP contribution in [0.4, 0.5) is 11.6 Å². The maximum Gasteiger partial charge on any atom is 0.148 e. The molecule has 0 amide bonds. The molecule has 1 aromatic rings. The highest BCUT2D eigenvalue weighted by Crippen LogP contribution is 2.25. The van der Waals surface area contributed by atoms with Gasteiger partial charge in [-0.05, 0) is 19.8 Å². The molecule has 0 bridgehead atoms. The van der Waals surface area contributed by atoms with Crippen LogP contribution >= 0.6 is 0 Å². The molecule has 0 aliphatic heterocycles. The van der Waals surface area contributed by atoms with Crippen molar-refractivity contribution in [2.45, 2.75) is 52.0 Å². The molecule has 94 valence electrons. The highest BCUT2D eigenvalue weighted by atomic mass is 15.3. The second-order valence-electron chi connectivity index (χ2n) is 4.59. The van der Waals surface area contributed by atoms with Crippen molar-refractivity contribution >= 4 is 11.6 Å². The third kappa shape index (κ3) is 2.66. The average Bonchev–Trinajstić information content (AvgIpc) is 2.84. The second kappa shape index (κ2) is 5.31. The minimum absolute atomic E-state index is 0.555. The predicted molar refractivity (Wildman–Crippen MR) is 69.8 cm³/mol. The summed E-state index contributed by atoms with van der Waals surface area (Å²) in [6, 6.07) is 0.555. The van der Waals surface area contributed by atoms with E-state index in [1.165, 1.54) is 25.7 Å². The normalized spacial score (nSPS) is 16.2. The van der Waals surface area contributed by atoms with E-state index >= 15 is 0 Å². The molecule has 0 atom stereocenters. The molecular weight excluding hydrogens is 214 g/mol. The van der Waals surface area contributed by atoms with Gasteiger partial charge >= 0.3 is 0 Å². The molecule has 0 spiro atoms. The first-order valence-electron chi connectivity index (χ1n) is 6.35. The summed E-state index contributed by atoms with van der Waals surface area (Å²) >= 11 is 0. The lowest BCUT2D eigenvalue weighted by Crippen LogP contribution is -2.19. The Morgan fingerprint density at radius 1 is 1.24 bits per heavy atom. The first-order valence-corrected chi connectivity index (χ1v) is 6.35. The topological polar surface area (TPSA) is 75.9 Å². The van der Waals surface area contributed by atoms with E-state index in [9.17, 15) is 0 Å². The van der Waals surface area contributed by atoms with Gasteiger partial charge in [0.2, 0.25) is 0 Å². The van der Waals surface area contributed by atoms with Crippen LogP contribution < -0.4 is 16.6 Å². The van der Waals surface area contributed by atoms with Gasteiger partial charge in [-0.2, -0.15) is 0 Å². The van der Waals surface area contributed by atoms with E-state index in [0.29, 0.717) is 6.04 Å². The predicted octanol–water partition coefficient (Wildman–Crippen LogP) is 1.99. The Hall–Kier alpha value is -1.36. The van der Waals surface area contributed by atoms with E-state index in [1.54, 1.807) is 0 Å². The van der Waals surface area contributed by atoms with Gasteiger partial charge in [0.25, 0.3) is 0 Å². The summed E-state index contributed by atoms with van der Waals surface area (Å²) in [5.41, 5.74) is 3.64. The fraction of sp³-hybridized carbons (Fsp3) is 0.667. The number of hydrogen-bond donors (Lipinski definition) is 3. The van der Waals surface area contributed by atoms with E-state index in [2.05, 4.69) is 20.7 Å². The number of aryl methyl sites for hydroxylation is 1. The SMILES string of the molecule is CCc1nc(NN)c(C)c(NC2CCCC2)n1. The Bertz CT molecular complexity index is 385. The molecule has 0 aromatic carbocycles. The van der Waals surface area contributed by atoms with Crippen LogP contribution in [0, 0.1) is 6.92 Å². The zero-order valence-electron chi connectivity index (χ0n) is 10.6.